The maximum Gasteiger partial charge on any atom is 0.420 e. The number of nitrogens with zero attached hydrogens (tertiary/aromatic N) is 2. The number of hydrogen-bond donors (Lipinski definition) is 1. The number of nitro benzene ring substituents is 1. The predicted octanol–water partition coefficient (Wildman–Crippen LogP) is 3.46. The van der Waals surface area contributed by atoms with E-state index in [4.69, 9.17) is 4.42 Å². The first-order chi connectivity index (χ1) is 12.8. The van der Waals surface area contributed by atoms with Crippen molar-refractivity contribution in [3.8, 4) is 0 Å². The molecule has 27 heavy (non-hydrogen) atoms. The van der Waals surface area contributed by atoms with Crippen LogP contribution in [-0.4, -0.2) is 21.2 Å². The fraction of sp³-hybridized carbons (Fsp3) is 0.125. The molecule has 1 N–H and O–H groups in total. The summed E-state index contributed by atoms with van der Waals surface area (Å²) < 4.78 is 31.1. The fourth-order valence-electron chi connectivity index (χ4n) is 2.42. The third kappa shape index (κ3) is 4.14. The van der Waals surface area contributed by atoms with Crippen LogP contribution in [0.25, 0.3) is 11.1 Å². The van der Waals surface area contributed by atoms with Crippen molar-refractivity contribution in [1.29, 1.82) is 0 Å². The number of oxazole rings is 1. The van der Waals surface area contributed by atoms with Gasteiger partial charge in [-0.2, -0.15) is 8.78 Å². The first-order valence-electron chi connectivity index (χ1n) is 7.46. The molecule has 0 fully saturated rings. The van der Waals surface area contributed by atoms with Gasteiger partial charge in [0.25, 0.3) is 11.4 Å². The number of anilines is 1. The number of aromatic nitrogens is 1. The van der Waals surface area contributed by atoms with E-state index in [0.717, 1.165) is 10.6 Å². The second kappa shape index (κ2) is 7.58. The summed E-state index contributed by atoms with van der Waals surface area (Å²) in [4.78, 5) is 34.6. The number of para-hydroxylation sites is 1. The van der Waals surface area contributed by atoms with Crippen LogP contribution in [0.5, 0.6) is 0 Å². The lowest BCUT2D eigenvalue weighted by Gasteiger charge is -2.10. The van der Waals surface area contributed by atoms with E-state index in [1.807, 2.05) is 0 Å². The van der Waals surface area contributed by atoms with Gasteiger partial charge in [-0.15, -0.1) is 0 Å². The lowest BCUT2D eigenvalue weighted by Crippen LogP contribution is -2.25. The molecule has 0 aliphatic carbocycles. The number of hydrogen-bond acceptors (Lipinski definition) is 6. The van der Waals surface area contributed by atoms with E-state index >= 15 is 0 Å². The Labute approximate surface area is 153 Å². The van der Waals surface area contributed by atoms with Gasteiger partial charge in [-0.05, 0) is 18.2 Å². The highest BCUT2D eigenvalue weighted by molar-refractivity contribution is 7.99. The topological polar surface area (TPSA) is 107 Å². The zero-order chi connectivity index (χ0) is 19.6. The lowest BCUT2D eigenvalue weighted by molar-refractivity contribution is -0.384. The van der Waals surface area contributed by atoms with E-state index in [0.29, 0.717) is 0 Å². The third-order valence-electron chi connectivity index (χ3n) is 3.54. The second-order valence-corrected chi connectivity index (χ2v) is 6.32. The van der Waals surface area contributed by atoms with Crippen LogP contribution in [0.4, 0.5) is 20.2 Å². The minimum Gasteiger partial charge on any atom is -0.407 e. The maximum absolute atomic E-state index is 12.6. The Balaban J connectivity index is 1.84. The molecule has 1 heterocycles. The van der Waals surface area contributed by atoms with Crippen LogP contribution in [0.1, 0.15) is 0 Å². The lowest BCUT2D eigenvalue weighted by atomic mass is 10.3. The van der Waals surface area contributed by atoms with Crippen LogP contribution in [0, 0.1) is 10.1 Å². The number of benzene rings is 2. The molecule has 0 unspecified atom stereocenters. The summed E-state index contributed by atoms with van der Waals surface area (Å²) in [5.41, 5.74) is 0.0988. The Kier molecular flexibility index (Phi) is 5.21. The number of non-ortho nitro benzene ring substituents is 1. The van der Waals surface area contributed by atoms with Gasteiger partial charge in [0.1, 0.15) is 6.54 Å². The number of nitrogens with one attached hydrogen (secondary N) is 1. The molecule has 3 aromatic rings. The minimum absolute atomic E-state index is 0.0318. The van der Waals surface area contributed by atoms with Gasteiger partial charge in [0.15, 0.2) is 5.58 Å². The molecule has 140 valence electrons. The van der Waals surface area contributed by atoms with Crippen LogP contribution in [0.15, 0.2) is 56.6 Å². The molecule has 0 spiro atoms. The minimum atomic E-state index is -2.65. The molecule has 0 aliphatic heterocycles. The highest BCUT2D eigenvalue weighted by Gasteiger charge is 2.17. The summed E-state index contributed by atoms with van der Waals surface area (Å²) in [5, 5.41) is 13.3. The standard InChI is InChI=1S/C16H11F2N3O5S/c17-15(18)27-13-4-2-1-3-10(13)19-14(22)8-20-11-6-5-9(21(24)25)7-12(11)26-16(20)23/h1-7,15H,8H2,(H,19,22). The molecular weight excluding hydrogens is 384 g/mol. The van der Waals surface area contributed by atoms with Crippen LogP contribution in [0.2, 0.25) is 0 Å². The Morgan fingerprint density at radius 3 is 2.74 bits per heavy atom. The summed E-state index contributed by atoms with van der Waals surface area (Å²) in [6.45, 7) is -0.447. The zero-order valence-corrected chi connectivity index (χ0v) is 14.2. The molecule has 1 aromatic heterocycles. The van der Waals surface area contributed by atoms with E-state index < -0.39 is 28.9 Å². The summed E-state index contributed by atoms with van der Waals surface area (Å²) in [7, 11) is 0. The smallest absolute Gasteiger partial charge is 0.407 e. The van der Waals surface area contributed by atoms with Crippen molar-refractivity contribution in [1.82, 2.24) is 4.57 Å². The summed E-state index contributed by atoms with van der Waals surface area (Å²) >= 11 is 0.286. The molecule has 1 amide bonds. The SMILES string of the molecule is O=C(Cn1c(=O)oc2cc([N+](=O)[O-])ccc21)Nc1ccccc1SC(F)F. The van der Waals surface area contributed by atoms with Gasteiger partial charge in [0.05, 0.1) is 22.2 Å². The second-order valence-electron chi connectivity index (χ2n) is 5.29. The fourth-order valence-corrected chi connectivity index (χ4v) is 3.02. The number of alkyl halides is 2. The van der Waals surface area contributed by atoms with Gasteiger partial charge in [0, 0.05) is 11.0 Å². The average Bonchev–Trinajstić information content (AvgIpc) is 2.91. The summed E-state index contributed by atoms with van der Waals surface area (Å²) in [6.07, 6.45) is 0. The van der Waals surface area contributed by atoms with E-state index in [9.17, 15) is 28.5 Å². The van der Waals surface area contributed by atoms with Crippen LogP contribution >= 0.6 is 11.8 Å². The number of fused-ring (bicyclic) bond motifs is 1. The summed E-state index contributed by atoms with van der Waals surface area (Å²) in [5.74, 6) is -4.16. The van der Waals surface area contributed by atoms with E-state index in [-0.39, 0.29) is 39.1 Å². The molecule has 0 atom stereocenters. The van der Waals surface area contributed by atoms with Gasteiger partial charge in [-0.1, -0.05) is 23.9 Å². The van der Waals surface area contributed by atoms with Gasteiger partial charge in [-0.3, -0.25) is 19.5 Å². The van der Waals surface area contributed by atoms with E-state index in [2.05, 4.69) is 5.32 Å². The molecule has 11 heteroatoms. The predicted molar refractivity (Wildman–Crippen MR) is 94.1 cm³/mol. The van der Waals surface area contributed by atoms with E-state index in [1.54, 1.807) is 12.1 Å². The largest absolute Gasteiger partial charge is 0.420 e. The van der Waals surface area contributed by atoms with Crippen LogP contribution in [0.3, 0.4) is 0 Å². The van der Waals surface area contributed by atoms with Crippen molar-refractivity contribution < 1.29 is 22.9 Å². The molecular formula is C16H11F2N3O5S. The Bertz CT molecular complexity index is 1080. The quantitative estimate of drug-likeness (QED) is 0.389. The normalized spacial score (nSPS) is 11.1. The molecule has 0 saturated heterocycles. The van der Waals surface area contributed by atoms with Crippen LogP contribution in [-0.2, 0) is 11.3 Å². The van der Waals surface area contributed by atoms with Crippen molar-refractivity contribution in [2.24, 2.45) is 0 Å². The van der Waals surface area contributed by atoms with Gasteiger partial charge >= 0.3 is 5.76 Å². The Morgan fingerprint density at radius 2 is 2.04 bits per heavy atom. The van der Waals surface area contributed by atoms with Gasteiger partial charge in [0.2, 0.25) is 5.91 Å². The third-order valence-corrected chi connectivity index (χ3v) is 4.33. The van der Waals surface area contributed by atoms with Crippen molar-refractivity contribution in [2.75, 3.05) is 5.32 Å². The number of halogens is 2. The molecule has 0 saturated carbocycles. The van der Waals surface area contributed by atoms with Gasteiger partial charge in [-0.25, -0.2) is 4.79 Å². The number of nitro groups is 1. The first-order valence-corrected chi connectivity index (χ1v) is 8.34. The van der Waals surface area contributed by atoms with Crippen molar-refractivity contribution in [2.45, 2.75) is 17.2 Å². The molecule has 3 rings (SSSR count). The average molecular weight is 395 g/mol. The number of amides is 1. The van der Waals surface area contributed by atoms with Crippen molar-refractivity contribution in [3.63, 3.8) is 0 Å². The van der Waals surface area contributed by atoms with Crippen LogP contribution < -0.4 is 11.1 Å². The highest BCUT2D eigenvalue weighted by atomic mass is 32.2. The number of carbonyl (C=O) groups is 1. The maximum atomic E-state index is 12.6. The molecule has 8 nitrogen and oxygen atoms in total. The Morgan fingerprint density at radius 1 is 1.30 bits per heavy atom. The first kappa shape index (κ1) is 18.6. The molecule has 0 radical (unpaired) electrons. The monoisotopic (exact) mass is 395 g/mol. The zero-order valence-electron chi connectivity index (χ0n) is 13.4. The van der Waals surface area contributed by atoms with Crippen molar-refractivity contribution >= 4 is 40.1 Å². The molecule has 0 aliphatic rings. The summed E-state index contributed by atoms with van der Waals surface area (Å²) in [6, 6.07) is 9.59. The molecule has 0 bridgehead atoms. The number of carbonyl (C=O) groups excluding carboxylic acids is 1. The van der Waals surface area contributed by atoms with Gasteiger partial charge < -0.3 is 9.73 Å². The Hall–Kier alpha value is -3.21. The van der Waals surface area contributed by atoms with E-state index in [1.165, 1.54) is 24.3 Å². The highest BCUT2D eigenvalue weighted by Crippen LogP contribution is 2.31. The number of rotatable bonds is 6. The molecule has 2 aromatic carbocycles. The number of thioether (sulfide) groups is 1. The van der Waals surface area contributed by atoms with Crippen molar-refractivity contribution in [3.05, 3.63) is 63.1 Å².